The maximum atomic E-state index is 12.7. The number of nitrogens with zero attached hydrogens (tertiary/aromatic N) is 2. The van der Waals surface area contributed by atoms with Crippen molar-refractivity contribution in [1.29, 1.82) is 0 Å². The average Bonchev–Trinajstić information content (AvgIpc) is 3.25. The number of carbonyl (C=O) groups excluding carboxylic acids is 2. The van der Waals surface area contributed by atoms with Gasteiger partial charge >= 0.3 is 0 Å². The minimum absolute atomic E-state index is 0. The van der Waals surface area contributed by atoms with Crippen molar-refractivity contribution in [3.05, 3.63) is 12.1 Å². The fraction of sp³-hybridized carbons (Fsp3) is 0.556. The van der Waals surface area contributed by atoms with Gasteiger partial charge in [-0.15, -0.1) is 12.4 Å². The van der Waals surface area contributed by atoms with Crippen LogP contribution in [0.5, 0.6) is 17.2 Å². The first-order chi connectivity index (χ1) is 12.5. The number of hydrogen-bond donors (Lipinski definition) is 1. The van der Waals surface area contributed by atoms with Crippen molar-refractivity contribution >= 4 is 29.9 Å². The number of anilines is 1. The fourth-order valence-electron chi connectivity index (χ4n) is 3.59. The molecule has 2 N–H and O–H groups in total. The Morgan fingerprint density at radius 2 is 1.74 bits per heavy atom. The van der Waals surface area contributed by atoms with E-state index in [4.69, 9.17) is 19.9 Å². The zero-order valence-electron chi connectivity index (χ0n) is 15.8. The predicted molar refractivity (Wildman–Crippen MR) is 103 cm³/mol. The summed E-state index contributed by atoms with van der Waals surface area (Å²) in [5, 5.41) is 0. The second-order valence-electron chi connectivity index (χ2n) is 6.62. The minimum atomic E-state index is -0.355. The molecule has 1 aromatic rings. The van der Waals surface area contributed by atoms with E-state index in [1.54, 1.807) is 21.9 Å². The van der Waals surface area contributed by atoms with E-state index >= 15 is 0 Å². The molecule has 1 unspecified atom stereocenters. The van der Waals surface area contributed by atoms with Gasteiger partial charge in [0, 0.05) is 44.2 Å². The lowest BCUT2D eigenvalue weighted by molar-refractivity contribution is -0.134. The standard InChI is InChI=1S/C18H25N3O5.ClH/c1-24-14-7-13(8-15(25-2)17(14)26-3)21-9-11(6-16(21)22)18(23)20-5-4-12(19)10-20;/h7-8,11-12H,4-6,9-10,19H2,1-3H3;1H/t11?,12-;/m1./s1. The largest absolute Gasteiger partial charge is 0.493 e. The van der Waals surface area contributed by atoms with Gasteiger partial charge in [0.15, 0.2) is 11.5 Å². The monoisotopic (exact) mass is 399 g/mol. The van der Waals surface area contributed by atoms with Crippen LogP contribution in [0.2, 0.25) is 0 Å². The lowest BCUT2D eigenvalue weighted by Gasteiger charge is -2.22. The van der Waals surface area contributed by atoms with Crippen LogP contribution in [-0.2, 0) is 9.59 Å². The van der Waals surface area contributed by atoms with Crippen LogP contribution >= 0.6 is 12.4 Å². The van der Waals surface area contributed by atoms with Crippen LogP contribution in [0.1, 0.15) is 12.8 Å². The number of rotatable bonds is 5. The van der Waals surface area contributed by atoms with Crippen molar-refractivity contribution in [1.82, 2.24) is 4.90 Å². The van der Waals surface area contributed by atoms with Crippen LogP contribution in [0.25, 0.3) is 0 Å². The zero-order valence-corrected chi connectivity index (χ0v) is 16.6. The number of ether oxygens (including phenoxy) is 3. The number of amides is 2. The topological polar surface area (TPSA) is 94.3 Å². The first-order valence-electron chi connectivity index (χ1n) is 8.63. The summed E-state index contributed by atoms with van der Waals surface area (Å²) in [6, 6.07) is 3.47. The van der Waals surface area contributed by atoms with Gasteiger partial charge in [0.25, 0.3) is 0 Å². The summed E-state index contributed by atoms with van der Waals surface area (Å²) in [6.45, 7) is 1.56. The van der Waals surface area contributed by atoms with Gasteiger partial charge in [-0.25, -0.2) is 0 Å². The summed E-state index contributed by atoms with van der Waals surface area (Å²) in [7, 11) is 4.57. The molecule has 2 fully saturated rings. The van der Waals surface area contributed by atoms with Gasteiger partial charge in [-0.05, 0) is 6.42 Å². The highest BCUT2D eigenvalue weighted by atomic mass is 35.5. The highest BCUT2D eigenvalue weighted by molar-refractivity contribution is 6.00. The molecule has 3 rings (SSSR count). The van der Waals surface area contributed by atoms with Gasteiger partial charge in [-0.1, -0.05) is 0 Å². The molecule has 0 radical (unpaired) electrons. The van der Waals surface area contributed by atoms with Gasteiger partial charge < -0.3 is 29.7 Å². The van der Waals surface area contributed by atoms with E-state index in [1.165, 1.54) is 21.3 Å². The lowest BCUT2D eigenvalue weighted by atomic mass is 10.1. The second-order valence-corrected chi connectivity index (χ2v) is 6.62. The molecule has 2 heterocycles. The molecule has 150 valence electrons. The van der Waals surface area contributed by atoms with Crippen LogP contribution in [0.3, 0.4) is 0 Å². The Kier molecular flexibility index (Phi) is 6.78. The van der Waals surface area contributed by atoms with Crippen molar-refractivity contribution in [3.63, 3.8) is 0 Å². The molecule has 2 saturated heterocycles. The highest BCUT2D eigenvalue weighted by Crippen LogP contribution is 2.42. The van der Waals surface area contributed by atoms with E-state index in [2.05, 4.69) is 0 Å². The number of benzene rings is 1. The molecule has 0 saturated carbocycles. The second kappa shape index (κ2) is 8.67. The molecular weight excluding hydrogens is 374 g/mol. The predicted octanol–water partition coefficient (Wildman–Crippen LogP) is 1.05. The SMILES string of the molecule is COc1cc(N2CC(C(=O)N3CC[C@@H](N)C3)CC2=O)cc(OC)c1OC.Cl. The van der Waals surface area contributed by atoms with Gasteiger partial charge in [0.1, 0.15) is 0 Å². The molecule has 0 bridgehead atoms. The number of nitrogens with two attached hydrogens (primary N) is 1. The number of methoxy groups -OCH3 is 3. The average molecular weight is 400 g/mol. The third-order valence-corrected chi connectivity index (χ3v) is 4.97. The van der Waals surface area contributed by atoms with E-state index < -0.39 is 0 Å². The molecule has 1 aromatic carbocycles. The number of likely N-dealkylation sites (tertiary alicyclic amines) is 1. The molecule has 2 amide bonds. The van der Waals surface area contributed by atoms with Gasteiger partial charge in [0.05, 0.1) is 32.9 Å². The van der Waals surface area contributed by atoms with Crippen LogP contribution in [0.4, 0.5) is 5.69 Å². The Hall–Kier alpha value is -2.19. The van der Waals surface area contributed by atoms with Gasteiger partial charge in [0.2, 0.25) is 17.6 Å². The van der Waals surface area contributed by atoms with Crippen LogP contribution in [0, 0.1) is 5.92 Å². The van der Waals surface area contributed by atoms with E-state index in [9.17, 15) is 9.59 Å². The Bertz CT molecular complexity index is 689. The van der Waals surface area contributed by atoms with Crippen molar-refractivity contribution in [2.75, 3.05) is 45.9 Å². The minimum Gasteiger partial charge on any atom is -0.493 e. The van der Waals surface area contributed by atoms with Crippen molar-refractivity contribution in [2.24, 2.45) is 11.7 Å². The van der Waals surface area contributed by atoms with Crippen LogP contribution < -0.4 is 24.8 Å². The highest BCUT2D eigenvalue weighted by Gasteiger charge is 2.39. The number of hydrogen-bond acceptors (Lipinski definition) is 6. The molecule has 0 aliphatic carbocycles. The first kappa shape index (κ1) is 21.1. The molecule has 8 nitrogen and oxygen atoms in total. The van der Waals surface area contributed by atoms with E-state index in [0.717, 1.165) is 6.42 Å². The van der Waals surface area contributed by atoms with Crippen LogP contribution in [-0.4, -0.2) is 63.7 Å². The summed E-state index contributed by atoms with van der Waals surface area (Å²) in [5.41, 5.74) is 6.51. The van der Waals surface area contributed by atoms with Crippen molar-refractivity contribution in [3.8, 4) is 17.2 Å². The Balaban J connectivity index is 0.00000261. The summed E-state index contributed by atoms with van der Waals surface area (Å²) in [5.74, 6) is 0.947. The van der Waals surface area contributed by atoms with Crippen LogP contribution in [0.15, 0.2) is 12.1 Å². The molecular formula is C18H26ClN3O5. The van der Waals surface area contributed by atoms with E-state index in [0.29, 0.717) is 42.6 Å². The molecule has 27 heavy (non-hydrogen) atoms. The number of halogens is 1. The fourth-order valence-corrected chi connectivity index (χ4v) is 3.59. The Morgan fingerprint density at radius 3 is 2.22 bits per heavy atom. The van der Waals surface area contributed by atoms with Gasteiger partial charge in [-0.3, -0.25) is 9.59 Å². The Labute approximate surface area is 164 Å². The summed E-state index contributed by atoms with van der Waals surface area (Å²) in [6.07, 6.45) is 1.00. The van der Waals surface area contributed by atoms with Crippen molar-refractivity contribution in [2.45, 2.75) is 18.9 Å². The Morgan fingerprint density at radius 1 is 1.11 bits per heavy atom. The summed E-state index contributed by atoms with van der Waals surface area (Å²) < 4.78 is 16.0. The molecule has 0 aromatic heterocycles. The number of carbonyl (C=O) groups is 2. The third-order valence-electron chi connectivity index (χ3n) is 4.97. The molecule has 2 aliphatic rings. The molecule has 2 aliphatic heterocycles. The maximum absolute atomic E-state index is 12.7. The normalized spacial score (nSPS) is 21.9. The first-order valence-corrected chi connectivity index (χ1v) is 8.63. The molecule has 2 atom stereocenters. The summed E-state index contributed by atoms with van der Waals surface area (Å²) in [4.78, 5) is 28.6. The lowest BCUT2D eigenvalue weighted by Crippen LogP contribution is -2.37. The van der Waals surface area contributed by atoms with Crippen molar-refractivity contribution < 1.29 is 23.8 Å². The maximum Gasteiger partial charge on any atom is 0.228 e. The summed E-state index contributed by atoms with van der Waals surface area (Å²) >= 11 is 0. The molecule has 9 heteroatoms. The van der Waals surface area contributed by atoms with E-state index in [1.807, 2.05) is 0 Å². The quantitative estimate of drug-likeness (QED) is 0.795. The smallest absolute Gasteiger partial charge is 0.228 e. The van der Waals surface area contributed by atoms with Gasteiger partial charge in [-0.2, -0.15) is 0 Å². The molecule has 0 spiro atoms. The third kappa shape index (κ3) is 4.06. The zero-order chi connectivity index (χ0) is 18.8. The van der Waals surface area contributed by atoms with E-state index in [-0.39, 0.29) is 42.6 Å².